The van der Waals surface area contributed by atoms with E-state index in [1.165, 1.54) is 6.20 Å². The number of halogens is 2. The molecule has 2 heterocycles. The van der Waals surface area contributed by atoms with Crippen LogP contribution in [0.2, 0.25) is 5.02 Å². The number of anilines is 3. The van der Waals surface area contributed by atoms with Crippen LogP contribution < -0.4 is 20.1 Å². The molecule has 0 saturated heterocycles. The monoisotopic (exact) mass is 596 g/mol. The molecule has 41 heavy (non-hydrogen) atoms. The van der Waals surface area contributed by atoms with Crippen LogP contribution >= 0.6 is 23.2 Å². The second-order valence-corrected chi connectivity index (χ2v) is 11.0. The van der Waals surface area contributed by atoms with Gasteiger partial charge in [-0.1, -0.05) is 11.6 Å². The highest BCUT2D eigenvalue weighted by Crippen LogP contribution is 2.37. The molecule has 1 aromatic heterocycles. The largest absolute Gasteiger partial charge is 0.492 e. The lowest BCUT2D eigenvalue weighted by molar-refractivity contribution is -0.116. The maximum Gasteiger partial charge on any atom is 0.224 e. The van der Waals surface area contributed by atoms with Crippen LogP contribution in [0.1, 0.15) is 38.2 Å². The van der Waals surface area contributed by atoms with Crippen molar-refractivity contribution in [2.24, 2.45) is 4.99 Å². The average Bonchev–Trinajstić information content (AvgIpc) is 2.94. The summed E-state index contributed by atoms with van der Waals surface area (Å²) >= 11 is 12.6. The number of nitrogens with one attached hydrogen (secondary N) is 2. The number of ether oxygens (including phenoxy) is 2. The molecule has 2 aromatic carbocycles. The lowest BCUT2D eigenvalue weighted by Gasteiger charge is -2.19. The first-order chi connectivity index (χ1) is 19.8. The van der Waals surface area contributed by atoms with Crippen LogP contribution in [0, 0.1) is 11.3 Å². The summed E-state index contributed by atoms with van der Waals surface area (Å²) in [5, 5.41) is 17.2. The summed E-state index contributed by atoms with van der Waals surface area (Å²) in [4.78, 5) is 23.6. The summed E-state index contributed by atoms with van der Waals surface area (Å²) < 4.78 is 11.7. The summed E-state index contributed by atoms with van der Waals surface area (Å²) in [6.45, 7) is 3.51. The Morgan fingerprint density at radius 2 is 2.02 bits per heavy atom. The number of carbonyl (C=O) groups excluding carboxylic acids is 1. The number of pyridine rings is 1. The maximum absolute atomic E-state index is 12.7. The number of hydrogen-bond donors (Lipinski definition) is 2. The first kappa shape index (κ1) is 30.4. The lowest BCUT2D eigenvalue weighted by atomic mass is 10.1. The van der Waals surface area contributed by atoms with Gasteiger partial charge in [-0.3, -0.25) is 14.8 Å². The Bertz CT molecular complexity index is 1460. The number of nitrogens with zero attached hydrogens (tertiary/aromatic N) is 4. The number of hydrogen-bond acceptors (Lipinski definition) is 8. The molecule has 216 valence electrons. The SMILES string of the molecule is CCOc1cc2ncc(C#N)c(Nc3ccc(OCC4CCC(Cl)C=N4)c(Cl)c3)c2cc1NC(=O)CCCN(C)C. The van der Waals surface area contributed by atoms with Gasteiger partial charge in [0, 0.05) is 36.0 Å². The van der Waals surface area contributed by atoms with Gasteiger partial charge in [0.15, 0.2) is 0 Å². The minimum atomic E-state index is -0.116. The van der Waals surface area contributed by atoms with Crippen molar-refractivity contribution in [3.05, 3.63) is 47.1 Å². The van der Waals surface area contributed by atoms with Crippen molar-refractivity contribution in [3.8, 4) is 17.6 Å². The Morgan fingerprint density at radius 3 is 2.71 bits per heavy atom. The maximum atomic E-state index is 12.7. The van der Waals surface area contributed by atoms with Gasteiger partial charge in [0.25, 0.3) is 0 Å². The highest BCUT2D eigenvalue weighted by molar-refractivity contribution is 6.32. The quantitative estimate of drug-likeness (QED) is 0.232. The van der Waals surface area contributed by atoms with E-state index in [4.69, 9.17) is 32.7 Å². The third-order valence-corrected chi connectivity index (χ3v) is 7.17. The van der Waals surface area contributed by atoms with Gasteiger partial charge < -0.3 is 25.0 Å². The smallest absolute Gasteiger partial charge is 0.224 e. The van der Waals surface area contributed by atoms with Gasteiger partial charge in [-0.25, -0.2) is 0 Å². The normalized spacial score (nSPS) is 16.4. The summed E-state index contributed by atoms with van der Waals surface area (Å²) in [6, 6.07) is 11.2. The standard InChI is InChI=1S/C30H34Cl2N6O3/c1-4-40-28-14-25-23(13-26(28)37-29(39)6-5-11-38(2)3)30(19(15-33)16-35-25)36-21-9-10-27(24(32)12-21)41-18-22-8-7-20(31)17-34-22/h9-10,12-14,16-17,20,22H,4-8,11,18H2,1-3H3,(H,35,36)(H,37,39). The van der Waals surface area contributed by atoms with Gasteiger partial charge in [-0.2, -0.15) is 5.26 Å². The molecule has 0 bridgehead atoms. The lowest BCUT2D eigenvalue weighted by Crippen LogP contribution is -2.22. The van der Waals surface area contributed by atoms with Crippen LogP contribution in [0.4, 0.5) is 17.1 Å². The summed E-state index contributed by atoms with van der Waals surface area (Å²) in [5.41, 5.74) is 2.67. The minimum absolute atomic E-state index is 0.0195. The molecule has 2 atom stereocenters. The fourth-order valence-corrected chi connectivity index (χ4v) is 4.87. The fraction of sp³-hybridized carbons (Fsp3) is 0.400. The van der Waals surface area contributed by atoms with E-state index in [1.54, 1.807) is 30.5 Å². The van der Waals surface area contributed by atoms with E-state index in [1.807, 2.05) is 32.0 Å². The number of fused-ring (bicyclic) bond motifs is 1. The zero-order valence-electron chi connectivity index (χ0n) is 23.4. The predicted octanol–water partition coefficient (Wildman–Crippen LogP) is 6.40. The van der Waals surface area contributed by atoms with Crippen LogP contribution in [-0.2, 0) is 4.79 Å². The molecule has 0 saturated carbocycles. The van der Waals surface area contributed by atoms with E-state index in [0.717, 1.165) is 25.8 Å². The minimum Gasteiger partial charge on any atom is -0.492 e. The third-order valence-electron chi connectivity index (χ3n) is 6.54. The number of alkyl halides is 1. The number of aliphatic imine (C=N–C) groups is 1. The summed E-state index contributed by atoms with van der Waals surface area (Å²) in [6.07, 6.45) is 6.10. The molecule has 2 unspecified atom stereocenters. The van der Waals surface area contributed by atoms with Gasteiger partial charge in [0.2, 0.25) is 5.91 Å². The summed E-state index contributed by atoms with van der Waals surface area (Å²) in [7, 11) is 3.94. The molecular weight excluding hydrogens is 563 g/mol. The highest BCUT2D eigenvalue weighted by atomic mass is 35.5. The van der Waals surface area contributed by atoms with Crippen molar-refractivity contribution in [3.63, 3.8) is 0 Å². The first-order valence-electron chi connectivity index (χ1n) is 13.6. The van der Waals surface area contributed by atoms with Crippen molar-refractivity contribution in [2.75, 3.05) is 44.5 Å². The number of amides is 1. The van der Waals surface area contributed by atoms with E-state index < -0.39 is 0 Å². The van der Waals surface area contributed by atoms with E-state index in [0.29, 0.717) is 69.7 Å². The van der Waals surface area contributed by atoms with Crippen molar-refractivity contribution in [2.45, 2.75) is 44.0 Å². The number of carbonyl (C=O) groups is 1. The van der Waals surface area contributed by atoms with E-state index in [2.05, 4.69) is 26.7 Å². The molecule has 0 aliphatic carbocycles. The number of benzene rings is 2. The molecule has 9 nitrogen and oxygen atoms in total. The van der Waals surface area contributed by atoms with Crippen LogP contribution in [-0.4, -0.2) is 67.3 Å². The predicted molar refractivity (Wildman–Crippen MR) is 165 cm³/mol. The number of rotatable bonds is 12. The van der Waals surface area contributed by atoms with E-state index in [-0.39, 0.29) is 17.3 Å². The van der Waals surface area contributed by atoms with Crippen molar-refractivity contribution >= 4 is 63.3 Å². The molecule has 2 N–H and O–H groups in total. The zero-order valence-corrected chi connectivity index (χ0v) is 24.9. The Labute approximate surface area is 250 Å². The molecule has 1 amide bonds. The Hall–Kier alpha value is -3.58. The number of aromatic nitrogens is 1. The van der Waals surface area contributed by atoms with Gasteiger partial charge in [0.1, 0.15) is 24.2 Å². The van der Waals surface area contributed by atoms with E-state index >= 15 is 0 Å². The van der Waals surface area contributed by atoms with Gasteiger partial charge in [-0.15, -0.1) is 11.6 Å². The second-order valence-electron chi connectivity index (χ2n) is 10.0. The zero-order chi connectivity index (χ0) is 29.4. The molecule has 1 aliphatic rings. The molecule has 0 spiro atoms. The summed E-state index contributed by atoms with van der Waals surface area (Å²) in [5.74, 6) is 0.938. The third kappa shape index (κ3) is 8.23. The molecule has 0 fully saturated rings. The molecular formula is C30H34Cl2N6O3. The molecule has 3 aromatic rings. The van der Waals surface area contributed by atoms with Crippen molar-refractivity contribution in [1.82, 2.24) is 9.88 Å². The van der Waals surface area contributed by atoms with Crippen LogP contribution in [0.5, 0.6) is 11.5 Å². The Kier molecular flexibility index (Phi) is 10.6. The Morgan fingerprint density at radius 1 is 1.20 bits per heavy atom. The van der Waals surface area contributed by atoms with Crippen LogP contribution in [0.3, 0.4) is 0 Å². The van der Waals surface area contributed by atoms with Gasteiger partial charge >= 0.3 is 0 Å². The molecule has 0 radical (unpaired) electrons. The van der Waals surface area contributed by atoms with Gasteiger partial charge in [-0.05, 0) is 71.1 Å². The highest BCUT2D eigenvalue weighted by Gasteiger charge is 2.18. The fourth-order valence-electron chi connectivity index (χ4n) is 4.45. The molecule has 11 heteroatoms. The Balaban J connectivity index is 1.58. The molecule has 1 aliphatic heterocycles. The van der Waals surface area contributed by atoms with Crippen molar-refractivity contribution in [1.29, 1.82) is 5.26 Å². The second kappa shape index (κ2) is 14.4. The van der Waals surface area contributed by atoms with Gasteiger partial charge in [0.05, 0.1) is 45.5 Å². The van der Waals surface area contributed by atoms with Crippen LogP contribution in [0.25, 0.3) is 10.9 Å². The van der Waals surface area contributed by atoms with Crippen molar-refractivity contribution < 1.29 is 14.3 Å². The van der Waals surface area contributed by atoms with E-state index in [9.17, 15) is 10.1 Å². The molecule has 4 rings (SSSR count). The number of nitriles is 1. The average molecular weight is 598 g/mol. The van der Waals surface area contributed by atoms with Crippen LogP contribution in [0.15, 0.2) is 41.5 Å². The topological polar surface area (TPSA) is 112 Å². The first-order valence-corrected chi connectivity index (χ1v) is 14.4.